The van der Waals surface area contributed by atoms with Crippen molar-refractivity contribution >= 4 is 5.91 Å². The summed E-state index contributed by atoms with van der Waals surface area (Å²) in [6.07, 6.45) is 0. The topological polar surface area (TPSA) is 32.3 Å². The predicted molar refractivity (Wildman–Crippen MR) is 53.2 cm³/mol. The molecule has 1 amide bonds. The van der Waals surface area contributed by atoms with E-state index in [-0.39, 0.29) is 25.4 Å². The number of amides is 1. The molecule has 3 nitrogen and oxygen atoms in total. The van der Waals surface area contributed by atoms with Crippen molar-refractivity contribution in [2.24, 2.45) is 0 Å². The van der Waals surface area contributed by atoms with Gasteiger partial charge < -0.3 is 10.2 Å². The Kier molecular flexibility index (Phi) is 6.99. The van der Waals surface area contributed by atoms with E-state index in [9.17, 15) is 4.79 Å². The van der Waals surface area contributed by atoms with Crippen molar-refractivity contribution < 1.29 is 4.79 Å². The van der Waals surface area contributed by atoms with Crippen LogP contribution in [0, 0.1) is 0 Å². The zero-order chi connectivity index (χ0) is 9.02. The van der Waals surface area contributed by atoms with Gasteiger partial charge in [-0.25, -0.2) is 0 Å². The number of nitrogens with zero attached hydrogens (tertiary/aromatic N) is 1. The molecule has 0 aliphatic heterocycles. The van der Waals surface area contributed by atoms with Gasteiger partial charge in [-0.3, -0.25) is 4.79 Å². The third-order valence-electron chi connectivity index (χ3n) is 1.93. The molecule has 0 rings (SSSR count). The summed E-state index contributed by atoms with van der Waals surface area (Å²) < 4.78 is 0. The van der Waals surface area contributed by atoms with Gasteiger partial charge in [0.1, 0.15) is 0 Å². The number of likely N-dealkylation sites (N-methyl/N-ethyl adjacent to an activating group) is 2. The van der Waals surface area contributed by atoms with E-state index in [1.807, 2.05) is 27.8 Å². The zero-order valence-electron chi connectivity index (χ0n) is 8.01. The van der Waals surface area contributed by atoms with Crippen LogP contribution in [0.15, 0.2) is 0 Å². The Morgan fingerprint density at radius 1 is 1.33 bits per heavy atom. The fourth-order valence-corrected chi connectivity index (χ4v) is 0.683. The molecular weight excluding hydrogens is 152 g/mol. The fraction of sp³-hybridized carbons (Fsp3) is 0.889. The van der Waals surface area contributed by atoms with E-state index in [2.05, 4.69) is 5.32 Å². The molecule has 0 bridgehead atoms. The molecule has 0 fully saturated rings. The lowest BCUT2D eigenvalue weighted by Crippen LogP contribution is -2.44. The van der Waals surface area contributed by atoms with Crippen LogP contribution in [0.4, 0.5) is 0 Å². The second kappa shape index (κ2) is 6.00. The van der Waals surface area contributed by atoms with Gasteiger partial charge >= 0.3 is 0 Å². The number of nitrogens with one attached hydrogen (secondary N) is 1. The minimum atomic E-state index is -0.0811. The number of hydrogen-bond donors (Lipinski definition) is 1. The summed E-state index contributed by atoms with van der Waals surface area (Å²) in [6, 6.07) is 0.195. The predicted octanol–water partition coefficient (Wildman–Crippen LogP) is 1.10. The lowest BCUT2D eigenvalue weighted by Gasteiger charge is -2.24. The molecule has 1 N–H and O–H groups in total. The number of hydrogen-bond acceptors (Lipinski definition) is 2. The standard InChI is InChI=1S/C8H18N2O.CH4/c1-6(2)10(5)8(11)7(3)9-4;/h6-7,9H,1-5H3;1H4/t7-;/m0./s1. The molecule has 0 radical (unpaired) electrons. The lowest BCUT2D eigenvalue weighted by atomic mass is 10.2. The van der Waals surface area contributed by atoms with Gasteiger partial charge in [-0.1, -0.05) is 7.43 Å². The van der Waals surface area contributed by atoms with Gasteiger partial charge in [0, 0.05) is 13.1 Å². The van der Waals surface area contributed by atoms with E-state index in [0.717, 1.165) is 0 Å². The van der Waals surface area contributed by atoms with Gasteiger partial charge in [0.15, 0.2) is 0 Å². The van der Waals surface area contributed by atoms with Crippen molar-refractivity contribution in [3.05, 3.63) is 0 Å². The van der Waals surface area contributed by atoms with Crippen LogP contribution in [-0.4, -0.2) is 37.0 Å². The minimum absolute atomic E-state index is 0. The molecule has 0 aliphatic rings. The fourth-order valence-electron chi connectivity index (χ4n) is 0.683. The molecule has 0 unspecified atom stereocenters. The summed E-state index contributed by atoms with van der Waals surface area (Å²) in [5, 5.41) is 2.91. The van der Waals surface area contributed by atoms with Gasteiger partial charge in [-0.15, -0.1) is 0 Å². The van der Waals surface area contributed by atoms with Crippen LogP contribution >= 0.6 is 0 Å². The van der Waals surface area contributed by atoms with Crippen molar-refractivity contribution in [2.75, 3.05) is 14.1 Å². The normalized spacial score (nSPS) is 12.2. The van der Waals surface area contributed by atoms with Gasteiger partial charge in [-0.05, 0) is 27.8 Å². The third kappa shape index (κ3) is 3.72. The third-order valence-corrected chi connectivity index (χ3v) is 1.93. The van der Waals surface area contributed by atoms with Crippen LogP contribution in [0.25, 0.3) is 0 Å². The molecule has 3 heteroatoms. The molecule has 74 valence electrons. The molecular formula is C9H22N2O. The smallest absolute Gasteiger partial charge is 0.239 e. The quantitative estimate of drug-likeness (QED) is 0.695. The second-order valence-electron chi connectivity index (χ2n) is 3.05. The highest BCUT2D eigenvalue weighted by molar-refractivity contribution is 5.81. The molecule has 0 spiro atoms. The van der Waals surface area contributed by atoms with E-state index in [1.54, 1.807) is 11.9 Å². The van der Waals surface area contributed by atoms with E-state index in [1.165, 1.54) is 0 Å². The van der Waals surface area contributed by atoms with Crippen molar-refractivity contribution in [3.8, 4) is 0 Å². The van der Waals surface area contributed by atoms with Gasteiger partial charge in [-0.2, -0.15) is 0 Å². The molecule has 0 saturated heterocycles. The summed E-state index contributed by atoms with van der Waals surface area (Å²) in [4.78, 5) is 13.1. The van der Waals surface area contributed by atoms with E-state index in [0.29, 0.717) is 0 Å². The van der Waals surface area contributed by atoms with Gasteiger partial charge in [0.05, 0.1) is 6.04 Å². The molecule has 0 heterocycles. The van der Waals surface area contributed by atoms with Gasteiger partial charge in [0.2, 0.25) is 5.91 Å². The van der Waals surface area contributed by atoms with E-state index >= 15 is 0 Å². The Balaban J connectivity index is 0. The van der Waals surface area contributed by atoms with Crippen LogP contribution in [0.5, 0.6) is 0 Å². The average molecular weight is 174 g/mol. The Hall–Kier alpha value is -0.570. The first-order chi connectivity index (χ1) is 5.00. The van der Waals surface area contributed by atoms with E-state index in [4.69, 9.17) is 0 Å². The summed E-state index contributed by atoms with van der Waals surface area (Å²) in [6.45, 7) is 5.86. The maximum absolute atomic E-state index is 11.4. The Labute approximate surface area is 76.1 Å². The minimum Gasteiger partial charge on any atom is -0.342 e. The van der Waals surface area contributed by atoms with Gasteiger partial charge in [0.25, 0.3) is 0 Å². The van der Waals surface area contributed by atoms with Crippen molar-refractivity contribution in [2.45, 2.75) is 40.3 Å². The maximum Gasteiger partial charge on any atom is 0.239 e. The SMILES string of the molecule is C.CN[C@@H](C)C(=O)N(C)C(C)C. The summed E-state index contributed by atoms with van der Waals surface area (Å²) in [5.41, 5.74) is 0. The number of carbonyl (C=O) groups is 1. The lowest BCUT2D eigenvalue weighted by molar-refractivity contribution is -0.133. The Bertz CT molecular complexity index is 134. The van der Waals surface area contributed by atoms with Crippen LogP contribution in [0.1, 0.15) is 28.2 Å². The average Bonchev–Trinajstić information content (AvgIpc) is 2.00. The number of rotatable bonds is 3. The van der Waals surface area contributed by atoms with Crippen LogP contribution < -0.4 is 5.32 Å². The molecule has 0 aromatic carbocycles. The molecule has 0 aromatic heterocycles. The molecule has 0 aromatic rings. The van der Waals surface area contributed by atoms with Crippen LogP contribution in [0.2, 0.25) is 0 Å². The Morgan fingerprint density at radius 2 is 1.75 bits per heavy atom. The monoisotopic (exact) mass is 174 g/mol. The summed E-state index contributed by atoms with van der Waals surface area (Å²) in [5.74, 6) is 0.141. The summed E-state index contributed by atoms with van der Waals surface area (Å²) in [7, 11) is 3.61. The summed E-state index contributed by atoms with van der Waals surface area (Å²) >= 11 is 0. The van der Waals surface area contributed by atoms with Crippen LogP contribution in [0.3, 0.4) is 0 Å². The Morgan fingerprint density at radius 3 is 2.00 bits per heavy atom. The molecule has 0 aliphatic carbocycles. The molecule has 12 heavy (non-hydrogen) atoms. The van der Waals surface area contributed by atoms with Crippen molar-refractivity contribution in [1.82, 2.24) is 10.2 Å². The molecule has 0 saturated carbocycles. The highest BCUT2D eigenvalue weighted by atomic mass is 16.2. The van der Waals surface area contributed by atoms with Crippen molar-refractivity contribution in [1.29, 1.82) is 0 Å². The number of carbonyl (C=O) groups excluding carboxylic acids is 1. The first-order valence-electron chi connectivity index (χ1n) is 3.94. The van der Waals surface area contributed by atoms with E-state index < -0.39 is 0 Å². The zero-order valence-corrected chi connectivity index (χ0v) is 8.01. The second-order valence-corrected chi connectivity index (χ2v) is 3.05. The maximum atomic E-state index is 11.4. The highest BCUT2D eigenvalue weighted by Gasteiger charge is 2.16. The largest absolute Gasteiger partial charge is 0.342 e. The first-order valence-corrected chi connectivity index (χ1v) is 3.94. The highest BCUT2D eigenvalue weighted by Crippen LogP contribution is 1.97. The molecule has 1 atom stereocenters. The first kappa shape index (κ1) is 14.0. The van der Waals surface area contributed by atoms with Crippen LogP contribution in [-0.2, 0) is 4.79 Å². The van der Waals surface area contributed by atoms with Crippen molar-refractivity contribution in [3.63, 3.8) is 0 Å².